The summed E-state index contributed by atoms with van der Waals surface area (Å²) < 4.78 is 14.9. The van der Waals surface area contributed by atoms with Gasteiger partial charge in [-0.2, -0.15) is 0 Å². The van der Waals surface area contributed by atoms with E-state index in [1.165, 1.54) is 23.9 Å². The number of nitrogens with one attached hydrogen (secondary N) is 1. The van der Waals surface area contributed by atoms with Crippen LogP contribution in [0.2, 0.25) is 0 Å². The Morgan fingerprint density at radius 3 is 2.88 bits per heavy atom. The molecular weight excluding hydrogens is 369 g/mol. The normalized spacial score (nSPS) is 11.0. The summed E-state index contributed by atoms with van der Waals surface area (Å²) in [6.45, 7) is 0. The number of benzene rings is 2. The highest BCUT2D eigenvalue weighted by atomic mass is 32.2. The quantitative estimate of drug-likeness (QED) is 0.497. The Labute approximate surface area is 157 Å². The van der Waals surface area contributed by atoms with Gasteiger partial charge in [0.1, 0.15) is 5.82 Å². The van der Waals surface area contributed by atoms with E-state index in [9.17, 15) is 9.18 Å². The first-order chi connectivity index (χ1) is 12.7. The van der Waals surface area contributed by atoms with Crippen LogP contribution in [0.25, 0.3) is 16.2 Å². The Bertz CT molecular complexity index is 1030. The minimum absolute atomic E-state index is 0.109. The summed E-state index contributed by atoms with van der Waals surface area (Å²) in [5.41, 5.74) is 2.54. The second kappa shape index (κ2) is 7.31. The highest BCUT2D eigenvalue weighted by Crippen LogP contribution is 2.24. The predicted molar refractivity (Wildman–Crippen MR) is 104 cm³/mol. The predicted octanol–water partition coefficient (Wildman–Crippen LogP) is 4.93. The molecule has 0 aliphatic heterocycles. The molecule has 0 unspecified atom stereocenters. The Morgan fingerprint density at radius 2 is 2.08 bits per heavy atom. The van der Waals surface area contributed by atoms with Gasteiger partial charge in [0.25, 0.3) is 0 Å². The summed E-state index contributed by atoms with van der Waals surface area (Å²) in [6.07, 6.45) is 3.94. The van der Waals surface area contributed by atoms with Gasteiger partial charge in [0.05, 0.1) is 11.4 Å². The molecule has 0 atom stereocenters. The lowest BCUT2D eigenvalue weighted by Crippen LogP contribution is -2.13. The number of halogens is 1. The van der Waals surface area contributed by atoms with Gasteiger partial charge in [-0.1, -0.05) is 12.1 Å². The molecule has 4 aromatic rings. The number of rotatable bonds is 5. The van der Waals surface area contributed by atoms with Crippen molar-refractivity contribution in [2.45, 2.75) is 4.90 Å². The van der Waals surface area contributed by atoms with Crippen molar-refractivity contribution in [2.24, 2.45) is 0 Å². The molecule has 0 bridgehead atoms. The average Bonchev–Trinajstić information content (AvgIpc) is 3.23. The van der Waals surface area contributed by atoms with Crippen LogP contribution in [0.15, 0.2) is 71.2 Å². The molecule has 0 saturated carbocycles. The van der Waals surface area contributed by atoms with E-state index < -0.39 is 0 Å². The molecule has 0 fully saturated rings. The number of carbonyl (C=O) groups is 1. The third kappa shape index (κ3) is 3.79. The van der Waals surface area contributed by atoms with E-state index in [-0.39, 0.29) is 17.5 Å². The first-order valence-electron chi connectivity index (χ1n) is 7.88. The van der Waals surface area contributed by atoms with Crippen LogP contribution >= 0.6 is 23.1 Å². The van der Waals surface area contributed by atoms with Gasteiger partial charge in [0, 0.05) is 33.9 Å². The van der Waals surface area contributed by atoms with Gasteiger partial charge in [-0.15, -0.1) is 23.1 Å². The molecule has 2 heterocycles. The number of imidazole rings is 1. The van der Waals surface area contributed by atoms with Crippen LogP contribution in [-0.4, -0.2) is 21.0 Å². The number of anilines is 1. The molecule has 7 heteroatoms. The fourth-order valence-electron chi connectivity index (χ4n) is 2.50. The van der Waals surface area contributed by atoms with Crippen molar-refractivity contribution in [3.05, 3.63) is 72.1 Å². The zero-order valence-electron chi connectivity index (χ0n) is 13.6. The Kier molecular flexibility index (Phi) is 4.73. The average molecular weight is 383 g/mol. The largest absolute Gasteiger partial charge is 0.325 e. The van der Waals surface area contributed by atoms with E-state index in [1.54, 1.807) is 23.5 Å². The third-order valence-electron chi connectivity index (χ3n) is 3.72. The lowest BCUT2D eigenvalue weighted by Gasteiger charge is -2.07. The summed E-state index contributed by atoms with van der Waals surface area (Å²) in [6, 6.07) is 13.7. The monoisotopic (exact) mass is 383 g/mol. The van der Waals surface area contributed by atoms with Crippen LogP contribution in [0.5, 0.6) is 0 Å². The highest BCUT2D eigenvalue weighted by Gasteiger charge is 2.08. The van der Waals surface area contributed by atoms with Crippen LogP contribution in [0.4, 0.5) is 10.1 Å². The van der Waals surface area contributed by atoms with Crippen molar-refractivity contribution >= 4 is 39.7 Å². The first kappa shape index (κ1) is 16.8. The number of carbonyl (C=O) groups excluding carboxylic acids is 1. The molecule has 0 aliphatic carbocycles. The van der Waals surface area contributed by atoms with Gasteiger partial charge in [0.15, 0.2) is 4.96 Å². The van der Waals surface area contributed by atoms with Gasteiger partial charge in [-0.3, -0.25) is 9.20 Å². The molecular formula is C19H14FN3OS2. The molecule has 0 saturated heterocycles. The van der Waals surface area contributed by atoms with E-state index in [0.717, 1.165) is 26.8 Å². The van der Waals surface area contributed by atoms with Gasteiger partial charge in [0.2, 0.25) is 5.91 Å². The number of thioether (sulfide) groups is 1. The van der Waals surface area contributed by atoms with Crippen molar-refractivity contribution in [3.8, 4) is 11.3 Å². The molecule has 130 valence electrons. The summed E-state index contributed by atoms with van der Waals surface area (Å²) >= 11 is 2.95. The number of amides is 1. The summed E-state index contributed by atoms with van der Waals surface area (Å²) in [4.78, 5) is 18.5. The van der Waals surface area contributed by atoms with Crippen molar-refractivity contribution in [3.63, 3.8) is 0 Å². The van der Waals surface area contributed by atoms with Crippen LogP contribution in [-0.2, 0) is 4.79 Å². The molecule has 26 heavy (non-hydrogen) atoms. The number of hydrogen-bond donors (Lipinski definition) is 1. The summed E-state index contributed by atoms with van der Waals surface area (Å²) in [5.74, 6) is -0.132. The molecule has 1 amide bonds. The highest BCUT2D eigenvalue weighted by molar-refractivity contribution is 8.00. The first-order valence-corrected chi connectivity index (χ1v) is 9.75. The van der Waals surface area contributed by atoms with E-state index in [1.807, 2.05) is 46.4 Å². The number of aromatic nitrogens is 2. The minimum atomic E-state index is -0.283. The molecule has 4 rings (SSSR count). The van der Waals surface area contributed by atoms with Crippen molar-refractivity contribution < 1.29 is 9.18 Å². The maximum atomic E-state index is 12.9. The number of hydrogen-bond acceptors (Lipinski definition) is 4. The van der Waals surface area contributed by atoms with Gasteiger partial charge < -0.3 is 5.32 Å². The number of nitrogens with zero attached hydrogens (tertiary/aromatic N) is 2. The van der Waals surface area contributed by atoms with Crippen LogP contribution in [0.1, 0.15) is 0 Å². The van der Waals surface area contributed by atoms with Crippen molar-refractivity contribution in [2.75, 3.05) is 11.1 Å². The van der Waals surface area contributed by atoms with Gasteiger partial charge >= 0.3 is 0 Å². The van der Waals surface area contributed by atoms with Crippen molar-refractivity contribution in [1.82, 2.24) is 9.38 Å². The fourth-order valence-corrected chi connectivity index (χ4v) is 3.90. The van der Waals surface area contributed by atoms with Crippen LogP contribution < -0.4 is 5.32 Å². The molecule has 0 aliphatic rings. The minimum Gasteiger partial charge on any atom is -0.325 e. The lowest BCUT2D eigenvalue weighted by molar-refractivity contribution is -0.113. The van der Waals surface area contributed by atoms with E-state index in [0.29, 0.717) is 0 Å². The fraction of sp³-hybridized carbons (Fsp3) is 0.0526. The zero-order chi connectivity index (χ0) is 17.9. The molecule has 0 radical (unpaired) electrons. The molecule has 4 nitrogen and oxygen atoms in total. The maximum absolute atomic E-state index is 12.9. The topological polar surface area (TPSA) is 46.4 Å². The van der Waals surface area contributed by atoms with E-state index >= 15 is 0 Å². The number of thiazole rings is 1. The zero-order valence-corrected chi connectivity index (χ0v) is 15.2. The smallest absolute Gasteiger partial charge is 0.234 e. The van der Waals surface area contributed by atoms with Gasteiger partial charge in [-0.25, -0.2) is 9.37 Å². The van der Waals surface area contributed by atoms with Crippen LogP contribution in [0.3, 0.4) is 0 Å². The van der Waals surface area contributed by atoms with Gasteiger partial charge in [-0.05, 0) is 36.4 Å². The molecule has 1 N–H and O–H groups in total. The SMILES string of the molecule is O=C(CSc1ccc(F)cc1)Nc1cccc(-c2cn3ccsc3n2)c1. The standard InChI is InChI=1S/C19H14FN3OS2/c20-14-4-6-16(7-5-14)26-12-18(24)21-15-3-1-2-13(10-15)17-11-23-8-9-25-19(23)22-17/h1-11H,12H2,(H,21,24). The summed E-state index contributed by atoms with van der Waals surface area (Å²) in [7, 11) is 0. The molecule has 2 aromatic heterocycles. The number of fused-ring (bicyclic) bond motifs is 1. The van der Waals surface area contributed by atoms with Crippen LogP contribution in [0, 0.1) is 5.82 Å². The Balaban J connectivity index is 1.42. The second-order valence-corrected chi connectivity index (χ2v) is 7.51. The van der Waals surface area contributed by atoms with E-state index in [4.69, 9.17) is 0 Å². The molecule has 0 spiro atoms. The second-order valence-electron chi connectivity index (χ2n) is 5.59. The van der Waals surface area contributed by atoms with E-state index in [2.05, 4.69) is 10.3 Å². The molecule has 2 aromatic carbocycles. The van der Waals surface area contributed by atoms with Crippen molar-refractivity contribution in [1.29, 1.82) is 0 Å². The lowest BCUT2D eigenvalue weighted by atomic mass is 10.1. The Morgan fingerprint density at radius 1 is 1.23 bits per heavy atom. The summed E-state index contributed by atoms with van der Waals surface area (Å²) in [5, 5.41) is 4.88. The maximum Gasteiger partial charge on any atom is 0.234 e. The third-order valence-corrected chi connectivity index (χ3v) is 5.50. The Hall–Kier alpha value is -2.64.